The van der Waals surface area contributed by atoms with Crippen LogP contribution < -0.4 is 10.2 Å². The van der Waals surface area contributed by atoms with E-state index in [4.69, 9.17) is 9.15 Å². The van der Waals surface area contributed by atoms with Gasteiger partial charge in [0.25, 0.3) is 0 Å². The van der Waals surface area contributed by atoms with Crippen LogP contribution in [0, 0.1) is 0 Å². The van der Waals surface area contributed by atoms with Gasteiger partial charge in [0.2, 0.25) is 5.43 Å². The molecule has 0 radical (unpaired) electrons. The number of benzene rings is 3. The summed E-state index contributed by atoms with van der Waals surface area (Å²) in [6, 6.07) is 26.0. The average molecular weight is 440 g/mol. The van der Waals surface area contributed by atoms with Gasteiger partial charge in [0, 0.05) is 12.5 Å². The maximum atomic E-state index is 13.6. The van der Waals surface area contributed by atoms with Crippen LogP contribution in [0.4, 0.5) is 0 Å². The molecular weight excluding hydrogens is 410 g/mol. The summed E-state index contributed by atoms with van der Waals surface area (Å²) in [4.78, 5) is 16.0. The van der Waals surface area contributed by atoms with E-state index in [1.54, 1.807) is 6.26 Å². The number of nitrogens with zero attached hydrogens (tertiary/aromatic N) is 1. The SMILES string of the molecule is CN1CCCCC1CC(Oc1cccc2occ(-c3ccccc3)c(=O)c12)c1ccccc1. The summed E-state index contributed by atoms with van der Waals surface area (Å²) in [6.45, 7) is 1.12. The number of hydrogen-bond donors (Lipinski definition) is 0. The second-order valence-corrected chi connectivity index (χ2v) is 8.86. The van der Waals surface area contributed by atoms with Crippen molar-refractivity contribution in [3.05, 3.63) is 101 Å². The number of rotatable bonds is 6. The molecule has 0 aliphatic carbocycles. The number of ether oxygens (including phenoxy) is 1. The molecule has 0 spiro atoms. The Morgan fingerprint density at radius 3 is 2.48 bits per heavy atom. The zero-order chi connectivity index (χ0) is 22.6. The summed E-state index contributed by atoms with van der Waals surface area (Å²) < 4.78 is 12.5. The Labute approximate surface area is 194 Å². The van der Waals surface area contributed by atoms with Gasteiger partial charge in [-0.2, -0.15) is 0 Å². The summed E-state index contributed by atoms with van der Waals surface area (Å²) in [5.74, 6) is 0.575. The Kier molecular flexibility index (Phi) is 6.27. The van der Waals surface area contributed by atoms with E-state index in [-0.39, 0.29) is 11.5 Å². The first-order valence-corrected chi connectivity index (χ1v) is 11.7. The van der Waals surface area contributed by atoms with E-state index in [2.05, 4.69) is 24.1 Å². The monoisotopic (exact) mass is 439 g/mol. The first-order valence-electron chi connectivity index (χ1n) is 11.7. The Hall–Kier alpha value is -3.37. The molecule has 0 N–H and O–H groups in total. The molecule has 33 heavy (non-hydrogen) atoms. The molecule has 1 saturated heterocycles. The standard InChI is InChI=1S/C29H29NO3/c1-30-18-9-8-15-23(30)19-27(22-13-6-3-7-14-22)33-26-17-10-16-25-28(26)29(31)24(20-32-25)21-11-4-2-5-12-21/h2-7,10-14,16-17,20,23,27H,8-9,15,18-19H2,1H3. The van der Waals surface area contributed by atoms with Gasteiger partial charge in [0.15, 0.2) is 0 Å². The summed E-state index contributed by atoms with van der Waals surface area (Å²) in [7, 11) is 2.20. The van der Waals surface area contributed by atoms with Crippen molar-refractivity contribution in [2.75, 3.05) is 13.6 Å². The van der Waals surface area contributed by atoms with Crippen molar-refractivity contribution in [1.82, 2.24) is 4.90 Å². The second-order valence-electron chi connectivity index (χ2n) is 8.86. The summed E-state index contributed by atoms with van der Waals surface area (Å²) in [5.41, 5.74) is 2.98. The third-order valence-electron chi connectivity index (χ3n) is 6.70. The number of fused-ring (bicyclic) bond motifs is 1. The molecule has 4 heteroatoms. The van der Waals surface area contributed by atoms with Gasteiger partial charge in [0.1, 0.15) is 29.1 Å². The third-order valence-corrected chi connectivity index (χ3v) is 6.70. The smallest absolute Gasteiger partial charge is 0.204 e. The van der Waals surface area contributed by atoms with Gasteiger partial charge >= 0.3 is 0 Å². The number of likely N-dealkylation sites (tertiary alicyclic amines) is 1. The zero-order valence-electron chi connectivity index (χ0n) is 18.9. The minimum atomic E-state index is -0.151. The molecule has 5 rings (SSSR count). The third kappa shape index (κ3) is 4.57. The minimum Gasteiger partial charge on any atom is -0.485 e. The topological polar surface area (TPSA) is 42.7 Å². The molecule has 4 nitrogen and oxygen atoms in total. The maximum absolute atomic E-state index is 13.6. The van der Waals surface area contributed by atoms with Crippen molar-refractivity contribution in [1.29, 1.82) is 0 Å². The van der Waals surface area contributed by atoms with Crippen LogP contribution in [-0.2, 0) is 0 Å². The van der Waals surface area contributed by atoms with Crippen LogP contribution in [0.25, 0.3) is 22.1 Å². The van der Waals surface area contributed by atoms with Gasteiger partial charge in [0.05, 0.1) is 5.56 Å². The van der Waals surface area contributed by atoms with Gasteiger partial charge < -0.3 is 14.1 Å². The molecule has 4 aromatic rings. The van der Waals surface area contributed by atoms with Crippen LogP contribution in [0.3, 0.4) is 0 Å². The van der Waals surface area contributed by atoms with Gasteiger partial charge in [-0.05, 0) is 49.7 Å². The highest BCUT2D eigenvalue weighted by Gasteiger charge is 2.26. The molecule has 2 unspecified atom stereocenters. The van der Waals surface area contributed by atoms with Crippen LogP contribution in [0.1, 0.15) is 37.4 Å². The van der Waals surface area contributed by atoms with E-state index in [0.717, 1.165) is 24.1 Å². The lowest BCUT2D eigenvalue weighted by Crippen LogP contribution is -2.37. The predicted molar refractivity (Wildman–Crippen MR) is 133 cm³/mol. The lowest BCUT2D eigenvalue weighted by atomic mass is 9.94. The molecule has 2 atom stereocenters. The fourth-order valence-corrected chi connectivity index (χ4v) is 4.82. The van der Waals surface area contributed by atoms with Crippen LogP contribution in [0.2, 0.25) is 0 Å². The fourth-order valence-electron chi connectivity index (χ4n) is 4.82. The molecule has 1 fully saturated rings. The normalized spacial score (nSPS) is 17.7. The average Bonchev–Trinajstić information content (AvgIpc) is 2.86. The highest BCUT2D eigenvalue weighted by atomic mass is 16.5. The van der Waals surface area contributed by atoms with Crippen molar-refractivity contribution in [2.24, 2.45) is 0 Å². The van der Waals surface area contributed by atoms with E-state index in [1.807, 2.05) is 66.7 Å². The van der Waals surface area contributed by atoms with E-state index in [9.17, 15) is 4.79 Å². The minimum absolute atomic E-state index is 0.0698. The van der Waals surface area contributed by atoms with Crippen molar-refractivity contribution >= 4 is 11.0 Å². The first kappa shape index (κ1) is 21.5. The molecule has 0 saturated carbocycles. The molecule has 1 aromatic heterocycles. The summed E-state index contributed by atoms with van der Waals surface area (Å²) in [5, 5.41) is 0.497. The predicted octanol–water partition coefficient (Wildman–Crippen LogP) is 6.45. The Morgan fingerprint density at radius 2 is 1.73 bits per heavy atom. The lowest BCUT2D eigenvalue weighted by Gasteiger charge is -2.35. The van der Waals surface area contributed by atoms with E-state index < -0.39 is 0 Å². The highest BCUT2D eigenvalue weighted by Crippen LogP contribution is 2.33. The molecule has 1 aliphatic heterocycles. The maximum Gasteiger partial charge on any atom is 0.204 e. The van der Waals surface area contributed by atoms with Crippen LogP contribution in [0.5, 0.6) is 5.75 Å². The first-order chi connectivity index (χ1) is 16.2. The van der Waals surface area contributed by atoms with Crippen molar-refractivity contribution < 1.29 is 9.15 Å². The fraction of sp³-hybridized carbons (Fsp3) is 0.276. The van der Waals surface area contributed by atoms with E-state index >= 15 is 0 Å². The van der Waals surface area contributed by atoms with Gasteiger partial charge in [-0.15, -0.1) is 0 Å². The molecule has 0 bridgehead atoms. The summed E-state index contributed by atoms with van der Waals surface area (Å²) in [6.07, 6.45) is 5.93. The van der Waals surface area contributed by atoms with Gasteiger partial charge in [-0.25, -0.2) is 0 Å². The van der Waals surface area contributed by atoms with Crippen molar-refractivity contribution in [2.45, 2.75) is 37.8 Å². The van der Waals surface area contributed by atoms with Gasteiger partial charge in [-0.1, -0.05) is 73.2 Å². The quantitative estimate of drug-likeness (QED) is 0.346. The molecule has 168 valence electrons. The van der Waals surface area contributed by atoms with Crippen molar-refractivity contribution in [3.63, 3.8) is 0 Å². The summed E-state index contributed by atoms with van der Waals surface area (Å²) >= 11 is 0. The number of piperidine rings is 1. The van der Waals surface area contributed by atoms with Gasteiger partial charge in [-0.3, -0.25) is 4.79 Å². The highest BCUT2D eigenvalue weighted by molar-refractivity contribution is 5.87. The molecule has 1 aliphatic rings. The molecule has 2 heterocycles. The lowest BCUT2D eigenvalue weighted by molar-refractivity contribution is 0.110. The Morgan fingerprint density at radius 1 is 0.970 bits per heavy atom. The molecular formula is C29H29NO3. The van der Waals surface area contributed by atoms with Crippen molar-refractivity contribution in [3.8, 4) is 16.9 Å². The molecule has 3 aromatic carbocycles. The Bertz CT molecular complexity index is 1270. The zero-order valence-corrected chi connectivity index (χ0v) is 18.9. The largest absolute Gasteiger partial charge is 0.485 e. The van der Waals surface area contributed by atoms with Crippen LogP contribution >= 0.6 is 0 Å². The van der Waals surface area contributed by atoms with E-state index in [0.29, 0.717) is 28.3 Å². The van der Waals surface area contributed by atoms with Crippen LogP contribution in [0.15, 0.2) is 94.3 Å². The molecule has 0 amide bonds. The second kappa shape index (κ2) is 9.63. The van der Waals surface area contributed by atoms with Crippen LogP contribution in [-0.4, -0.2) is 24.5 Å². The van der Waals surface area contributed by atoms with E-state index in [1.165, 1.54) is 19.3 Å². The Balaban J connectivity index is 1.55. The number of hydrogen-bond acceptors (Lipinski definition) is 4.